The number of amides is 1. The summed E-state index contributed by atoms with van der Waals surface area (Å²) in [5.41, 5.74) is 0.950. The minimum atomic E-state index is -0.371. The fraction of sp³-hybridized carbons (Fsp3) is 0.529. The topological polar surface area (TPSA) is 48.9 Å². The van der Waals surface area contributed by atoms with Gasteiger partial charge in [-0.15, -0.1) is 0 Å². The van der Waals surface area contributed by atoms with E-state index in [4.69, 9.17) is 9.72 Å². The number of aromatic nitrogens is 1. The SMILES string of the molecule is CC(C)N1CCN(c2nc3ccc(OC(=O)N(C)C)cc3s2)CC1. The number of benzene rings is 1. The number of piperazine rings is 1. The van der Waals surface area contributed by atoms with Gasteiger partial charge in [-0.1, -0.05) is 11.3 Å². The molecule has 2 heterocycles. The van der Waals surface area contributed by atoms with E-state index < -0.39 is 0 Å². The molecule has 0 spiro atoms. The Morgan fingerprint density at radius 3 is 2.58 bits per heavy atom. The zero-order chi connectivity index (χ0) is 17.3. The lowest BCUT2D eigenvalue weighted by molar-refractivity contribution is 0.172. The first-order valence-electron chi connectivity index (χ1n) is 8.23. The number of hydrogen-bond acceptors (Lipinski definition) is 6. The summed E-state index contributed by atoms with van der Waals surface area (Å²) in [6, 6.07) is 6.20. The van der Waals surface area contributed by atoms with E-state index in [9.17, 15) is 4.79 Å². The van der Waals surface area contributed by atoms with E-state index in [1.54, 1.807) is 31.5 Å². The maximum Gasteiger partial charge on any atom is 0.414 e. The molecule has 1 aliphatic rings. The van der Waals surface area contributed by atoms with Crippen LogP contribution < -0.4 is 9.64 Å². The van der Waals surface area contributed by atoms with Crippen molar-refractivity contribution in [1.29, 1.82) is 0 Å². The van der Waals surface area contributed by atoms with E-state index >= 15 is 0 Å². The summed E-state index contributed by atoms with van der Waals surface area (Å²) >= 11 is 1.65. The van der Waals surface area contributed by atoms with Gasteiger partial charge in [-0.2, -0.15) is 0 Å². The van der Waals surface area contributed by atoms with Crippen LogP contribution in [0.3, 0.4) is 0 Å². The fourth-order valence-corrected chi connectivity index (χ4v) is 3.76. The summed E-state index contributed by atoms with van der Waals surface area (Å²) < 4.78 is 6.37. The molecular weight excluding hydrogens is 324 g/mol. The highest BCUT2D eigenvalue weighted by Crippen LogP contribution is 2.32. The Balaban J connectivity index is 1.73. The Morgan fingerprint density at radius 1 is 1.25 bits per heavy atom. The van der Waals surface area contributed by atoms with Gasteiger partial charge >= 0.3 is 6.09 Å². The van der Waals surface area contributed by atoms with Crippen molar-refractivity contribution in [3.8, 4) is 5.75 Å². The molecule has 0 radical (unpaired) electrons. The van der Waals surface area contributed by atoms with Crippen molar-refractivity contribution >= 4 is 32.8 Å². The van der Waals surface area contributed by atoms with Gasteiger partial charge in [-0.25, -0.2) is 9.78 Å². The molecule has 1 aliphatic heterocycles. The summed E-state index contributed by atoms with van der Waals surface area (Å²) in [6.07, 6.45) is -0.371. The molecule has 0 unspecified atom stereocenters. The Morgan fingerprint density at radius 2 is 1.96 bits per heavy atom. The highest BCUT2D eigenvalue weighted by Gasteiger charge is 2.21. The number of anilines is 1. The molecule has 0 saturated carbocycles. The number of hydrogen-bond donors (Lipinski definition) is 0. The van der Waals surface area contributed by atoms with Gasteiger partial charge in [0, 0.05) is 52.4 Å². The molecule has 24 heavy (non-hydrogen) atoms. The van der Waals surface area contributed by atoms with Gasteiger partial charge in [0.05, 0.1) is 10.2 Å². The normalized spacial score (nSPS) is 16.0. The number of rotatable bonds is 3. The van der Waals surface area contributed by atoms with E-state index in [-0.39, 0.29) is 6.09 Å². The number of nitrogens with zero attached hydrogens (tertiary/aromatic N) is 4. The predicted molar refractivity (Wildman–Crippen MR) is 98.3 cm³/mol. The van der Waals surface area contributed by atoms with Crippen molar-refractivity contribution in [2.24, 2.45) is 0 Å². The maximum atomic E-state index is 11.7. The molecule has 1 amide bonds. The van der Waals surface area contributed by atoms with Crippen LogP contribution in [0, 0.1) is 0 Å². The second kappa shape index (κ2) is 6.94. The highest BCUT2D eigenvalue weighted by atomic mass is 32.1. The number of fused-ring (bicyclic) bond motifs is 1. The Hall–Kier alpha value is -1.86. The Labute approximate surface area is 146 Å². The van der Waals surface area contributed by atoms with Crippen molar-refractivity contribution in [3.63, 3.8) is 0 Å². The van der Waals surface area contributed by atoms with Gasteiger partial charge in [0.15, 0.2) is 5.13 Å². The van der Waals surface area contributed by atoms with Crippen molar-refractivity contribution in [2.75, 3.05) is 45.2 Å². The Kier molecular flexibility index (Phi) is 4.91. The number of carbonyl (C=O) groups excluding carboxylic acids is 1. The molecule has 2 aromatic rings. The zero-order valence-corrected chi connectivity index (χ0v) is 15.5. The first-order chi connectivity index (χ1) is 11.4. The second-order valence-corrected chi connectivity index (χ2v) is 7.51. The monoisotopic (exact) mass is 348 g/mol. The average molecular weight is 348 g/mol. The smallest absolute Gasteiger partial charge is 0.410 e. The van der Waals surface area contributed by atoms with Crippen molar-refractivity contribution in [2.45, 2.75) is 19.9 Å². The first-order valence-corrected chi connectivity index (χ1v) is 9.04. The molecule has 7 heteroatoms. The van der Waals surface area contributed by atoms with Crippen LogP contribution in [0.1, 0.15) is 13.8 Å². The van der Waals surface area contributed by atoms with E-state index in [2.05, 4.69) is 23.6 Å². The molecule has 0 aliphatic carbocycles. The van der Waals surface area contributed by atoms with Crippen LogP contribution in [0.2, 0.25) is 0 Å². The zero-order valence-electron chi connectivity index (χ0n) is 14.7. The van der Waals surface area contributed by atoms with Crippen LogP contribution in [0.25, 0.3) is 10.2 Å². The van der Waals surface area contributed by atoms with Gasteiger partial charge in [-0.3, -0.25) is 4.90 Å². The summed E-state index contributed by atoms with van der Waals surface area (Å²) in [4.78, 5) is 22.6. The van der Waals surface area contributed by atoms with Crippen molar-refractivity contribution < 1.29 is 9.53 Å². The molecule has 1 aromatic heterocycles. The minimum absolute atomic E-state index is 0.371. The Bertz CT molecular complexity index is 720. The lowest BCUT2D eigenvalue weighted by Gasteiger charge is -2.36. The van der Waals surface area contributed by atoms with Gasteiger partial charge in [0.25, 0.3) is 0 Å². The number of carbonyl (C=O) groups is 1. The maximum absolute atomic E-state index is 11.7. The van der Waals surface area contributed by atoms with E-state index in [1.165, 1.54) is 4.90 Å². The summed E-state index contributed by atoms with van der Waals surface area (Å²) in [6.45, 7) is 8.62. The third kappa shape index (κ3) is 3.62. The third-order valence-corrected chi connectivity index (χ3v) is 5.31. The van der Waals surface area contributed by atoms with E-state index in [0.717, 1.165) is 41.5 Å². The van der Waals surface area contributed by atoms with Crippen LogP contribution in [0.15, 0.2) is 18.2 Å². The van der Waals surface area contributed by atoms with Crippen LogP contribution in [0.4, 0.5) is 9.93 Å². The van der Waals surface area contributed by atoms with Gasteiger partial charge in [0.1, 0.15) is 5.75 Å². The first kappa shape index (κ1) is 17.0. The summed E-state index contributed by atoms with van der Waals surface area (Å²) in [5.74, 6) is 0.557. The largest absolute Gasteiger partial charge is 0.414 e. The van der Waals surface area contributed by atoms with Gasteiger partial charge in [-0.05, 0) is 26.0 Å². The van der Waals surface area contributed by atoms with Crippen LogP contribution in [0.5, 0.6) is 5.75 Å². The molecule has 0 atom stereocenters. The molecule has 1 fully saturated rings. The number of ether oxygens (including phenoxy) is 1. The summed E-state index contributed by atoms with van der Waals surface area (Å²) in [7, 11) is 3.34. The lowest BCUT2D eigenvalue weighted by atomic mass is 10.2. The molecule has 1 aromatic carbocycles. The molecule has 130 valence electrons. The molecule has 0 N–H and O–H groups in total. The molecule has 0 bridgehead atoms. The minimum Gasteiger partial charge on any atom is -0.410 e. The third-order valence-electron chi connectivity index (χ3n) is 4.23. The lowest BCUT2D eigenvalue weighted by Crippen LogP contribution is -2.48. The standard InChI is InChI=1S/C17H24N4O2S/c1-12(2)20-7-9-21(10-8-20)16-18-14-6-5-13(11-15(14)24-16)23-17(22)19(3)4/h5-6,11-12H,7-10H2,1-4H3. The molecular formula is C17H24N4O2S. The van der Waals surface area contributed by atoms with E-state index in [1.807, 2.05) is 12.1 Å². The number of thiazole rings is 1. The van der Waals surface area contributed by atoms with Crippen molar-refractivity contribution in [1.82, 2.24) is 14.8 Å². The molecule has 6 nitrogen and oxygen atoms in total. The molecule has 3 rings (SSSR count). The van der Waals surface area contributed by atoms with Crippen LogP contribution in [-0.4, -0.2) is 67.2 Å². The highest BCUT2D eigenvalue weighted by molar-refractivity contribution is 7.22. The van der Waals surface area contributed by atoms with Gasteiger partial charge < -0.3 is 14.5 Å². The quantitative estimate of drug-likeness (QED) is 0.854. The predicted octanol–water partition coefficient (Wildman–Crippen LogP) is 2.89. The van der Waals surface area contributed by atoms with E-state index in [0.29, 0.717) is 11.8 Å². The molecule has 1 saturated heterocycles. The average Bonchev–Trinajstić information content (AvgIpc) is 2.98. The van der Waals surface area contributed by atoms with Gasteiger partial charge in [0.2, 0.25) is 0 Å². The van der Waals surface area contributed by atoms with Crippen LogP contribution >= 0.6 is 11.3 Å². The van der Waals surface area contributed by atoms with Crippen molar-refractivity contribution in [3.05, 3.63) is 18.2 Å². The summed E-state index contributed by atoms with van der Waals surface area (Å²) in [5, 5.41) is 1.05. The fourth-order valence-electron chi connectivity index (χ4n) is 2.71. The second-order valence-electron chi connectivity index (χ2n) is 6.51. The van der Waals surface area contributed by atoms with Crippen LogP contribution in [-0.2, 0) is 0 Å².